The maximum atomic E-state index is 12.9. The summed E-state index contributed by atoms with van der Waals surface area (Å²) in [6.45, 7) is 5.88. The highest BCUT2D eigenvalue weighted by molar-refractivity contribution is 6.04. The fraction of sp³-hybridized carbons (Fsp3) is 0.348. The van der Waals surface area contributed by atoms with Crippen LogP contribution in [-0.4, -0.2) is 32.3 Å². The highest BCUT2D eigenvalue weighted by Crippen LogP contribution is 2.31. The molecular weight excluding hydrogens is 394 g/mol. The highest BCUT2D eigenvalue weighted by Gasteiger charge is 2.22. The average Bonchev–Trinajstić information content (AvgIpc) is 3.03. The zero-order chi connectivity index (χ0) is 22.3. The van der Waals surface area contributed by atoms with Crippen molar-refractivity contribution in [2.24, 2.45) is 12.2 Å². The Bertz CT molecular complexity index is 1350. The Morgan fingerprint density at radius 3 is 2.65 bits per heavy atom. The smallest absolute Gasteiger partial charge is 0.328 e. The van der Waals surface area contributed by atoms with Gasteiger partial charge in [0.05, 0.1) is 35.4 Å². The van der Waals surface area contributed by atoms with E-state index in [4.69, 9.17) is 4.74 Å². The van der Waals surface area contributed by atoms with E-state index in [1.165, 1.54) is 0 Å². The predicted octanol–water partition coefficient (Wildman–Crippen LogP) is 3.99. The minimum atomic E-state index is -0.870. The number of fused-ring (bicyclic) bond motifs is 3. The maximum Gasteiger partial charge on any atom is 0.328 e. The second-order valence-electron chi connectivity index (χ2n) is 8.34. The van der Waals surface area contributed by atoms with Gasteiger partial charge in [-0.05, 0) is 44.5 Å². The van der Waals surface area contributed by atoms with Crippen molar-refractivity contribution in [1.82, 2.24) is 19.1 Å². The largest absolute Gasteiger partial charge is 0.380 e. The summed E-state index contributed by atoms with van der Waals surface area (Å²) in [5.41, 5.74) is 3.91. The van der Waals surface area contributed by atoms with Crippen molar-refractivity contribution in [3.8, 4) is 11.1 Å². The third-order valence-corrected chi connectivity index (χ3v) is 5.82. The lowest BCUT2D eigenvalue weighted by molar-refractivity contribution is 0.103. The van der Waals surface area contributed by atoms with Gasteiger partial charge in [-0.15, -0.1) is 4.91 Å². The summed E-state index contributed by atoms with van der Waals surface area (Å²) in [6.07, 6.45) is 5.03. The first-order chi connectivity index (χ1) is 14.8. The third kappa shape index (κ3) is 3.53. The molecule has 1 atom stereocenters. The summed E-state index contributed by atoms with van der Waals surface area (Å²) in [6, 6.07) is 7.84. The predicted molar refractivity (Wildman–Crippen MR) is 121 cm³/mol. The second-order valence-corrected chi connectivity index (χ2v) is 8.34. The molecule has 31 heavy (non-hydrogen) atoms. The number of ether oxygens (including phenoxy) is 1. The van der Waals surface area contributed by atoms with E-state index < -0.39 is 5.54 Å². The third-order valence-electron chi connectivity index (χ3n) is 5.82. The van der Waals surface area contributed by atoms with Gasteiger partial charge in [0.1, 0.15) is 5.54 Å². The van der Waals surface area contributed by atoms with Gasteiger partial charge in [-0.3, -0.25) is 19.1 Å². The molecule has 0 radical (unpaired) electrons. The first-order valence-corrected chi connectivity index (χ1v) is 10.1. The average molecular weight is 419 g/mol. The van der Waals surface area contributed by atoms with Crippen molar-refractivity contribution < 1.29 is 4.74 Å². The minimum Gasteiger partial charge on any atom is -0.380 e. The van der Waals surface area contributed by atoms with Crippen LogP contribution in [0, 0.1) is 4.91 Å². The van der Waals surface area contributed by atoms with Gasteiger partial charge in [0.15, 0.2) is 0 Å². The van der Waals surface area contributed by atoms with E-state index in [-0.39, 0.29) is 11.8 Å². The number of nitrogens with zero attached hydrogens (tertiary/aromatic N) is 5. The first-order valence-electron chi connectivity index (χ1n) is 10.1. The summed E-state index contributed by atoms with van der Waals surface area (Å²) in [5, 5.41) is 4.09. The number of methoxy groups -OCH3 is 1. The van der Waals surface area contributed by atoms with Crippen molar-refractivity contribution >= 4 is 21.9 Å². The summed E-state index contributed by atoms with van der Waals surface area (Å²) >= 11 is 0. The van der Waals surface area contributed by atoms with Crippen molar-refractivity contribution in [3.05, 3.63) is 63.8 Å². The second kappa shape index (κ2) is 7.70. The number of hydrogen-bond acceptors (Lipinski definition) is 6. The maximum absolute atomic E-state index is 12.9. The molecule has 1 aromatic carbocycles. The lowest BCUT2D eigenvalue weighted by atomic mass is 9.94. The molecule has 3 aromatic heterocycles. The molecule has 0 aliphatic heterocycles. The van der Waals surface area contributed by atoms with Gasteiger partial charge in [0, 0.05) is 43.1 Å². The fourth-order valence-electron chi connectivity index (χ4n) is 3.74. The van der Waals surface area contributed by atoms with Gasteiger partial charge in [-0.25, -0.2) is 4.79 Å². The molecule has 0 spiro atoms. The number of pyridine rings is 2. The molecule has 4 rings (SSSR count). The number of aryl methyl sites for hydroxylation is 1. The molecule has 0 aliphatic rings. The van der Waals surface area contributed by atoms with Gasteiger partial charge in [-0.1, -0.05) is 11.2 Å². The lowest BCUT2D eigenvalue weighted by Crippen LogP contribution is -2.27. The molecule has 0 fully saturated rings. The Balaban J connectivity index is 1.96. The van der Waals surface area contributed by atoms with Gasteiger partial charge in [0.25, 0.3) is 0 Å². The monoisotopic (exact) mass is 419 g/mol. The van der Waals surface area contributed by atoms with E-state index >= 15 is 0 Å². The van der Waals surface area contributed by atoms with E-state index in [1.54, 1.807) is 55.7 Å². The molecule has 8 nitrogen and oxygen atoms in total. The van der Waals surface area contributed by atoms with Crippen molar-refractivity contribution in [1.29, 1.82) is 0 Å². The van der Waals surface area contributed by atoms with Crippen molar-refractivity contribution in [2.45, 2.75) is 39.0 Å². The summed E-state index contributed by atoms with van der Waals surface area (Å²) in [5.74, 6) is 0. The van der Waals surface area contributed by atoms with Crippen LogP contribution in [0.1, 0.15) is 26.3 Å². The van der Waals surface area contributed by atoms with Gasteiger partial charge in [0.2, 0.25) is 0 Å². The van der Waals surface area contributed by atoms with Crippen molar-refractivity contribution in [3.63, 3.8) is 0 Å². The molecule has 8 heteroatoms. The lowest BCUT2D eigenvalue weighted by Gasteiger charge is -2.16. The van der Waals surface area contributed by atoms with Crippen LogP contribution in [0.2, 0.25) is 0 Å². The highest BCUT2D eigenvalue weighted by atomic mass is 16.5. The molecular formula is C23H25N5O3. The molecule has 0 aliphatic carbocycles. The topological polar surface area (TPSA) is 91.4 Å². The number of nitroso groups, excluding NO2 is 1. The van der Waals surface area contributed by atoms with Gasteiger partial charge >= 0.3 is 5.69 Å². The minimum absolute atomic E-state index is 0.110. The zero-order valence-corrected chi connectivity index (χ0v) is 18.3. The summed E-state index contributed by atoms with van der Waals surface area (Å²) in [4.78, 5) is 33.0. The fourth-order valence-corrected chi connectivity index (χ4v) is 3.74. The standard InChI is InChI=1S/C23H25N5O3/c1-14(31-5)13-28-21-18-9-15(16-8-17(11-24-10-16)23(2,3)26-30)6-7-19(18)25-12-20(21)27(4)22(28)29/h6-12,14H,13H2,1-5H3. The molecule has 1 unspecified atom stereocenters. The number of imidazole rings is 1. The SMILES string of the molecule is COC(C)Cn1c(=O)n(C)c2cnc3ccc(-c4cncc(C(C)(C)N=O)c4)cc3c21. The Kier molecular flexibility index (Phi) is 5.18. The van der Waals surface area contributed by atoms with E-state index in [0.29, 0.717) is 6.54 Å². The Morgan fingerprint density at radius 2 is 1.94 bits per heavy atom. The molecule has 0 bridgehead atoms. The van der Waals surface area contributed by atoms with Crippen LogP contribution in [0.15, 0.2) is 52.8 Å². The zero-order valence-electron chi connectivity index (χ0n) is 18.3. The van der Waals surface area contributed by atoms with E-state index in [9.17, 15) is 9.70 Å². The number of benzene rings is 1. The van der Waals surface area contributed by atoms with Crippen LogP contribution in [0.5, 0.6) is 0 Å². The molecule has 4 aromatic rings. The Morgan fingerprint density at radius 1 is 1.16 bits per heavy atom. The summed E-state index contributed by atoms with van der Waals surface area (Å²) < 4.78 is 8.75. The molecule has 0 N–H and O–H groups in total. The van der Waals surface area contributed by atoms with Gasteiger partial charge in [-0.2, -0.15) is 0 Å². The molecule has 0 amide bonds. The first kappa shape index (κ1) is 20.9. The molecule has 3 heterocycles. The van der Waals surface area contributed by atoms with Crippen LogP contribution in [0.25, 0.3) is 33.1 Å². The number of aromatic nitrogens is 4. The van der Waals surface area contributed by atoms with Gasteiger partial charge < -0.3 is 4.74 Å². The van der Waals surface area contributed by atoms with Crippen LogP contribution in [-0.2, 0) is 23.9 Å². The van der Waals surface area contributed by atoms with E-state index in [0.717, 1.165) is 38.6 Å². The number of rotatable bonds is 6. The Hall–Kier alpha value is -3.39. The van der Waals surface area contributed by atoms with E-state index in [1.807, 2.05) is 31.2 Å². The van der Waals surface area contributed by atoms with Crippen LogP contribution in [0.3, 0.4) is 0 Å². The molecule has 0 saturated heterocycles. The summed E-state index contributed by atoms with van der Waals surface area (Å²) in [7, 11) is 3.38. The Labute approximate surface area is 179 Å². The van der Waals surface area contributed by atoms with E-state index in [2.05, 4.69) is 15.1 Å². The normalized spacial score (nSPS) is 13.1. The molecule has 160 valence electrons. The molecule has 0 saturated carbocycles. The van der Waals surface area contributed by atoms with Crippen LogP contribution in [0.4, 0.5) is 0 Å². The van der Waals surface area contributed by atoms with Crippen molar-refractivity contribution in [2.75, 3.05) is 7.11 Å². The quantitative estimate of drug-likeness (QED) is 0.441. The number of hydrogen-bond donors (Lipinski definition) is 0. The van der Waals surface area contributed by atoms with Crippen LogP contribution < -0.4 is 5.69 Å². The van der Waals surface area contributed by atoms with Crippen LogP contribution >= 0.6 is 0 Å².